The standard InChI is InChI=1S/C21H25ClN6O5S/c22-16-3-1-2-15(12-16)14-4-6-17(7-5-14)34(31,32)27-18-8-10-28(20(18)30)13-19(29)25-9-11-33-26-21(23)24/h1-7,12,18,27H,8-11,13H2,(H,25,29)(H4,23,24,26)/t18-/m0/s1. The fraction of sp³-hybridized carbons (Fsp3) is 0.286. The van der Waals surface area contributed by atoms with Crippen molar-refractivity contribution in [3.63, 3.8) is 0 Å². The van der Waals surface area contributed by atoms with Gasteiger partial charge in [-0.1, -0.05) is 35.9 Å². The summed E-state index contributed by atoms with van der Waals surface area (Å²) >= 11 is 6.01. The highest BCUT2D eigenvalue weighted by atomic mass is 35.5. The van der Waals surface area contributed by atoms with Crippen LogP contribution in [-0.4, -0.2) is 63.4 Å². The summed E-state index contributed by atoms with van der Waals surface area (Å²) in [5.74, 6) is -1.12. The molecule has 1 fully saturated rings. The Morgan fingerprint density at radius 3 is 2.59 bits per heavy atom. The van der Waals surface area contributed by atoms with Gasteiger partial charge in [-0.05, 0) is 47.0 Å². The van der Waals surface area contributed by atoms with Crippen molar-refractivity contribution in [2.24, 2.45) is 16.6 Å². The summed E-state index contributed by atoms with van der Waals surface area (Å²) in [6, 6.07) is 12.5. The van der Waals surface area contributed by atoms with Crippen molar-refractivity contribution < 1.29 is 22.8 Å². The molecule has 1 atom stereocenters. The monoisotopic (exact) mass is 508 g/mol. The van der Waals surface area contributed by atoms with E-state index >= 15 is 0 Å². The second kappa shape index (κ2) is 11.2. The first-order valence-corrected chi connectivity index (χ1v) is 12.2. The average Bonchev–Trinajstić information content (AvgIpc) is 3.12. The van der Waals surface area contributed by atoms with Crippen molar-refractivity contribution in [2.45, 2.75) is 17.4 Å². The topological polar surface area (TPSA) is 169 Å². The maximum absolute atomic E-state index is 12.8. The second-order valence-corrected chi connectivity index (χ2v) is 9.61. The molecular weight excluding hydrogens is 484 g/mol. The Morgan fingerprint density at radius 1 is 1.18 bits per heavy atom. The molecule has 34 heavy (non-hydrogen) atoms. The molecule has 0 bridgehead atoms. The van der Waals surface area contributed by atoms with E-state index < -0.39 is 27.9 Å². The summed E-state index contributed by atoms with van der Waals surface area (Å²) in [7, 11) is -3.94. The molecule has 182 valence electrons. The van der Waals surface area contributed by atoms with Crippen LogP contribution in [0.1, 0.15) is 6.42 Å². The zero-order valence-corrected chi connectivity index (χ0v) is 19.7. The molecule has 2 aromatic carbocycles. The quantitative estimate of drug-likeness (QED) is 0.154. The van der Waals surface area contributed by atoms with Crippen molar-refractivity contribution in [2.75, 3.05) is 26.2 Å². The van der Waals surface area contributed by atoms with E-state index in [-0.39, 0.29) is 43.5 Å². The predicted octanol–water partition coefficient (Wildman–Crippen LogP) is 0.207. The van der Waals surface area contributed by atoms with Crippen molar-refractivity contribution >= 4 is 39.4 Å². The largest absolute Gasteiger partial charge is 0.391 e. The molecule has 2 amide bonds. The number of rotatable bonds is 10. The first-order valence-electron chi connectivity index (χ1n) is 10.3. The Morgan fingerprint density at radius 2 is 1.91 bits per heavy atom. The minimum absolute atomic E-state index is 0.0306. The molecule has 0 unspecified atom stereocenters. The molecule has 1 saturated heterocycles. The lowest BCUT2D eigenvalue weighted by molar-refractivity contribution is -0.134. The molecule has 0 saturated carbocycles. The lowest BCUT2D eigenvalue weighted by Crippen LogP contribution is -2.44. The lowest BCUT2D eigenvalue weighted by Gasteiger charge is -2.17. The van der Waals surface area contributed by atoms with Gasteiger partial charge in [0.2, 0.25) is 27.8 Å². The molecular formula is C21H25ClN6O5S. The van der Waals surface area contributed by atoms with Crippen molar-refractivity contribution in [3.8, 4) is 11.1 Å². The highest BCUT2D eigenvalue weighted by Crippen LogP contribution is 2.24. The van der Waals surface area contributed by atoms with E-state index in [9.17, 15) is 18.0 Å². The summed E-state index contributed by atoms with van der Waals surface area (Å²) in [5, 5.41) is 6.45. The zero-order chi connectivity index (χ0) is 24.7. The number of amides is 2. The second-order valence-electron chi connectivity index (χ2n) is 7.46. The fourth-order valence-electron chi connectivity index (χ4n) is 3.34. The summed E-state index contributed by atoms with van der Waals surface area (Å²) < 4.78 is 28.0. The van der Waals surface area contributed by atoms with Crippen LogP contribution in [0.25, 0.3) is 11.1 Å². The van der Waals surface area contributed by atoms with Crippen LogP contribution in [0.2, 0.25) is 5.02 Å². The van der Waals surface area contributed by atoms with Crippen LogP contribution in [0.3, 0.4) is 0 Å². The van der Waals surface area contributed by atoms with E-state index in [0.717, 1.165) is 11.1 Å². The fourth-order valence-corrected chi connectivity index (χ4v) is 4.75. The van der Waals surface area contributed by atoms with E-state index in [1.807, 2.05) is 12.1 Å². The zero-order valence-electron chi connectivity index (χ0n) is 18.1. The number of oxime groups is 1. The molecule has 1 heterocycles. The van der Waals surface area contributed by atoms with E-state index in [2.05, 4.69) is 15.2 Å². The molecule has 0 spiro atoms. The average molecular weight is 509 g/mol. The Balaban J connectivity index is 1.53. The molecule has 2 aromatic rings. The minimum Gasteiger partial charge on any atom is -0.391 e. The van der Waals surface area contributed by atoms with E-state index in [4.69, 9.17) is 27.9 Å². The summed E-state index contributed by atoms with van der Waals surface area (Å²) in [6.07, 6.45) is 0.250. The van der Waals surface area contributed by atoms with E-state index in [0.29, 0.717) is 5.02 Å². The van der Waals surface area contributed by atoms with Gasteiger partial charge in [-0.25, -0.2) is 8.42 Å². The number of halogens is 1. The number of sulfonamides is 1. The smallest absolute Gasteiger partial charge is 0.241 e. The SMILES string of the molecule is NC(N)=NOCCNC(=O)CN1CC[C@H](NS(=O)(=O)c2ccc(-c3cccc(Cl)c3)cc2)C1=O. The van der Waals surface area contributed by atoms with Crippen molar-refractivity contribution in [3.05, 3.63) is 53.6 Å². The van der Waals surface area contributed by atoms with Crippen LogP contribution in [0.15, 0.2) is 58.6 Å². The number of likely N-dealkylation sites (tertiary alicyclic amines) is 1. The summed E-state index contributed by atoms with van der Waals surface area (Å²) in [4.78, 5) is 30.7. The number of nitrogens with zero attached hydrogens (tertiary/aromatic N) is 2. The minimum atomic E-state index is -3.94. The highest BCUT2D eigenvalue weighted by molar-refractivity contribution is 7.89. The molecule has 3 rings (SSSR count). The third-order valence-electron chi connectivity index (χ3n) is 4.94. The van der Waals surface area contributed by atoms with Gasteiger partial charge in [0.25, 0.3) is 0 Å². The molecule has 11 nitrogen and oxygen atoms in total. The van der Waals surface area contributed by atoms with Gasteiger partial charge in [0.15, 0.2) is 0 Å². The Kier molecular flexibility index (Phi) is 8.31. The predicted molar refractivity (Wildman–Crippen MR) is 127 cm³/mol. The Hall–Kier alpha value is -3.35. The van der Waals surface area contributed by atoms with Gasteiger partial charge in [0, 0.05) is 11.6 Å². The van der Waals surface area contributed by atoms with Gasteiger partial charge >= 0.3 is 0 Å². The van der Waals surface area contributed by atoms with Crippen LogP contribution < -0.4 is 21.5 Å². The van der Waals surface area contributed by atoms with Gasteiger partial charge in [-0.2, -0.15) is 4.72 Å². The van der Waals surface area contributed by atoms with Crippen LogP contribution in [-0.2, 0) is 24.4 Å². The Labute approximate surface area is 202 Å². The normalized spacial score (nSPS) is 15.7. The van der Waals surface area contributed by atoms with Gasteiger partial charge < -0.3 is 26.5 Å². The molecule has 0 radical (unpaired) electrons. The maximum Gasteiger partial charge on any atom is 0.241 e. The lowest BCUT2D eigenvalue weighted by atomic mass is 10.1. The van der Waals surface area contributed by atoms with Crippen LogP contribution >= 0.6 is 11.6 Å². The van der Waals surface area contributed by atoms with Crippen LogP contribution in [0.5, 0.6) is 0 Å². The first-order chi connectivity index (χ1) is 16.2. The van der Waals surface area contributed by atoms with Crippen LogP contribution in [0, 0.1) is 0 Å². The number of nitrogens with two attached hydrogens (primary N) is 2. The van der Waals surface area contributed by atoms with Crippen molar-refractivity contribution in [1.29, 1.82) is 0 Å². The first kappa shape index (κ1) is 25.3. The van der Waals surface area contributed by atoms with E-state index in [1.165, 1.54) is 17.0 Å². The van der Waals surface area contributed by atoms with Gasteiger partial charge in [-0.15, -0.1) is 0 Å². The highest BCUT2D eigenvalue weighted by Gasteiger charge is 2.35. The maximum atomic E-state index is 12.8. The molecule has 0 aromatic heterocycles. The molecule has 0 aliphatic carbocycles. The molecule has 1 aliphatic rings. The number of benzene rings is 2. The number of nitrogens with one attached hydrogen (secondary N) is 2. The molecule has 1 aliphatic heterocycles. The number of carbonyl (C=O) groups is 2. The van der Waals surface area contributed by atoms with E-state index in [1.54, 1.807) is 24.3 Å². The number of guanidine groups is 1. The summed E-state index contributed by atoms with van der Waals surface area (Å²) in [5.41, 5.74) is 11.9. The number of hydrogen-bond acceptors (Lipinski definition) is 6. The van der Waals surface area contributed by atoms with Crippen LogP contribution in [0.4, 0.5) is 0 Å². The number of hydrogen-bond donors (Lipinski definition) is 4. The third kappa shape index (κ3) is 6.83. The molecule has 6 N–H and O–H groups in total. The summed E-state index contributed by atoms with van der Waals surface area (Å²) in [6.45, 7) is 0.236. The van der Waals surface area contributed by atoms with Gasteiger partial charge in [0.1, 0.15) is 12.6 Å². The Bertz CT molecular complexity index is 1170. The number of carbonyl (C=O) groups excluding carboxylic acids is 2. The van der Waals surface area contributed by atoms with Crippen molar-refractivity contribution in [1.82, 2.24) is 14.9 Å². The van der Waals surface area contributed by atoms with Gasteiger partial charge in [-0.3, -0.25) is 9.59 Å². The molecule has 13 heteroatoms. The third-order valence-corrected chi connectivity index (χ3v) is 6.66. The van der Waals surface area contributed by atoms with Gasteiger partial charge in [0.05, 0.1) is 18.0 Å².